The molecule has 1 aromatic rings. The van der Waals surface area contributed by atoms with Crippen molar-refractivity contribution < 1.29 is 24.1 Å². The fourth-order valence-electron chi connectivity index (χ4n) is 1.21. The molecular weight excluding hydrogens is 239 g/mol. The quantitative estimate of drug-likeness (QED) is 0.848. The minimum Gasteiger partial charge on any atom is -0.489 e. The Balaban J connectivity index is 2.78. The van der Waals surface area contributed by atoms with Crippen molar-refractivity contribution in [2.45, 2.75) is 26.9 Å². The van der Waals surface area contributed by atoms with Crippen LogP contribution in [-0.4, -0.2) is 22.8 Å². The lowest BCUT2D eigenvalue weighted by Gasteiger charge is -2.20. The highest BCUT2D eigenvalue weighted by molar-refractivity contribution is 5.73. The SMILES string of the molecule is C[C@@H](O)c1ccc(OCC(C)(C)C(=O)O)c(F)c1. The van der Waals surface area contributed by atoms with E-state index in [9.17, 15) is 14.3 Å². The molecule has 100 valence electrons. The highest BCUT2D eigenvalue weighted by atomic mass is 19.1. The first kappa shape index (κ1) is 14.4. The topological polar surface area (TPSA) is 66.8 Å². The Bertz CT molecular complexity index is 441. The zero-order chi connectivity index (χ0) is 13.9. The molecule has 0 heterocycles. The third-order valence-electron chi connectivity index (χ3n) is 2.61. The molecule has 4 nitrogen and oxygen atoms in total. The Morgan fingerprint density at radius 3 is 2.56 bits per heavy atom. The fourth-order valence-corrected chi connectivity index (χ4v) is 1.21. The normalized spacial score (nSPS) is 13.2. The van der Waals surface area contributed by atoms with E-state index in [2.05, 4.69) is 0 Å². The Hall–Kier alpha value is -1.62. The third-order valence-corrected chi connectivity index (χ3v) is 2.61. The molecule has 0 saturated heterocycles. The number of aliphatic carboxylic acids is 1. The van der Waals surface area contributed by atoms with Crippen LogP contribution in [0, 0.1) is 11.2 Å². The van der Waals surface area contributed by atoms with E-state index in [4.69, 9.17) is 9.84 Å². The van der Waals surface area contributed by atoms with E-state index in [1.807, 2.05) is 0 Å². The zero-order valence-electron chi connectivity index (χ0n) is 10.6. The summed E-state index contributed by atoms with van der Waals surface area (Å²) >= 11 is 0. The van der Waals surface area contributed by atoms with Crippen LogP contribution in [0.15, 0.2) is 18.2 Å². The van der Waals surface area contributed by atoms with Gasteiger partial charge in [-0.25, -0.2) is 4.39 Å². The van der Waals surface area contributed by atoms with Crippen LogP contribution < -0.4 is 4.74 Å². The summed E-state index contributed by atoms with van der Waals surface area (Å²) in [6.07, 6.45) is -0.760. The number of carboxylic acids is 1. The van der Waals surface area contributed by atoms with Crippen LogP contribution in [0.5, 0.6) is 5.75 Å². The Morgan fingerprint density at radius 2 is 2.11 bits per heavy atom. The first-order chi connectivity index (χ1) is 8.24. The number of aliphatic hydroxyl groups excluding tert-OH is 1. The molecular formula is C13H17FO4. The summed E-state index contributed by atoms with van der Waals surface area (Å²) in [7, 11) is 0. The van der Waals surface area contributed by atoms with Gasteiger partial charge < -0.3 is 14.9 Å². The van der Waals surface area contributed by atoms with E-state index in [-0.39, 0.29) is 12.4 Å². The molecule has 0 saturated carbocycles. The predicted octanol–water partition coefficient (Wildman–Crippen LogP) is 2.37. The minimum absolute atomic E-state index is 0.0197. The summed E-state index contributed by atoms with van der Waals surface area (Å²) in [6, 6.07) is 4.10. The molecule has 0 aliphatic rings. The van der Waals surface area contributed by atoms with E-state index in [1.54, 1.807) is 0 Å². The summed E-state index contributed by atoms with van der Waals surface area (Å²) in [4.78, 5) is 10.9. The van der Waals surface area contributed by atoms with Gasteiger partial charge in [-0.1, -0.05) is 6.07 Å². The first-order valence-corrected chi connectivity index (χ1v) is 5.58. The summed E-state index contributed by atoms with van der Waals surface area (Å²) in [6.45, 7) is 4.39. The van der Waals surface area contributed by atoms with Crippen molar-refractivity contribution in [2.75, 3.05) is 6.61 Å². The lowest BCUT2D eigenvalue weighted by atomic mass is 9.95. The number of hydrogen-bond acceptors (Lipinski definition) is 3. The number of halogens is 1. The maximum absolute atomic E-state index is 13.6. The number of rotatable bonds is 5. The molecule has 0 aliphatic carbocycles. The van der Waals surface area contributed by atoms with Gasteiger partial charge in [-0.2, -0.15) is 0 Å². The molecule has 0 aliphatic heterocycles. The smallest absolute Gasteiger partial charge is 0.312 e. The summed E-state index contributed by atoms with van der Waals surface area (Å²) < 4.78 is 18.8. The molecule has 1 aromatic carbocycles. The van der Waals surface area contributed by atoms with Crippen molar-refractivity contribution >= 4 is 5.97 Å². The van der Waals surface area contributed by atoms with Crippen LogP contribution in [0.3, 0.4) is 0 Å². The molecule has 1 atom stereocenters. The molecule has 2 N–H and O–H groups in total. The molecule has 0 bridgehead atoms. The van der Waals surface area contributed by atoms with Gasteiger partial charge in [0, 0.05) is 0 Å². The van der Waals surface area contributed by atoms with E-state index >= 15 is 0 Å². The van der Waals surface area contributed by atoms with Crippen LogP contribution in [0.4, 0.5) is 4.39 Å². The molecule has 0 unspecified atom stereocenters. The van der Waals surface area contributed by atoms with Gasteiger partial charge in [-0.05, 0) is 38.5 Å². The van der Waals surface area contributed by atoms with Gasteiger partial charge in [0.2, 0.25) is 0 Å². The lowest BCUT2D eigenvalue weighted by molar-refractivity contribution is -0.148. The molecule has 0 fully saturated rings. The second-order valence-electron chi connectivity index (χ2n) is 4.84. The van der Waals surface area contributed by atoms with Crippen LogP contribution in [0.1, 0.15) is 32.4 Å². The molecule has 0 aromatic heterocycles. The lowest BCUT2D eigenvalue weighted by Crippen LogP contribution is -2.30. The highest BCUT2D eigenvalue weighted by Gasteiger charge is 2.28. The van der Waals surface area contributed by atoms with Crippen LogP contribution in [0.25, 0.3) is 0 Å². The Morgan fingerprint density at radius 1 is 1.50 bits per heavy atom. The number of carbonyl (C=O) groups is 1. The van der Waals surface area contributed by atoms with Gasteiger partial charge in [0.15, 0.2) is 11.6 Å². The average Bonchev–Trinajstić information content (AvgIpc) is 2.26. The second-order valence-corrected chi connectivity index (χ2v) is 4.84. The molecule has 0 amide bonds. The molecule has 18 heavy (non-hydrogen) atoms. The van der Waals surface area contributed by atoms with E-state index in [0.29, 0.717) is 5.56 Å². The van der Waals surface area contributed by atoms with Crippen LogP contribution >= 0.6 is 0 Å². The number of carboxylic acid groups (broad SMARTS) is 1. The van der Waals surface area contributed by atoms with Crippen molar-refractivity contribution in [1.29, 1.82) is 0 Å². The molecule has 0 spiro atoms. The average molecular weight is 256 g/mol. The number of hydrogen-bond donors (Lipinski definition) is 2. The van der Waals surface area contributed by atoms with Crippen LogP contribution in [0.2, 0.25) is 0 Å². The second kappa shape index (κ2) is 5.35. The Kier molecular flexibility index (Phi) is 4.29. The summed E-state index contributed by atoms with van der Waals surface area (Å²) in [5, 5.41) is 18.2. The van der Waals surface area contributed by atoms with Crippen molar-refractivity contribution in [3.05, 3.63) is 29.6 Å². The predicted molar refractivity (Wildman–Crippen MR) is 63.9 cm³/mol. The first-order valence-electron chi connectivity index (χ1n) is 5.58. The van der Waals surface area contributed by atoms with Gasteiger partial charge in [0.1, 0.15) is 6.61 Å². The fraction of sp³-hybridized carbons (Fsp3) is 0.462. The van der Waals surface area contributed by atoms with E-state index < -0.39 is 23.3 Å². The standard InChI is InChI=1S/C13H17FO4/c1-8(15)9-4-5-11(10(14)6-9)18-7-13(2,3)12(16)17/h4-6,8,15H,7H2,1-3H3,(H,16,17)/t8-/m1/s1. The van der Waals surface area contributed by atoms with Crippen molar-refractivity contribution in [3.63, 3.8) is 0 Å². The maximum Gasteiger partial charge on any atom is 0.312 e. The monoisotopic (exact) mass is 256 g/mol. The van der Waals surface area contributed by atoms with Crippen molar-refractivity contribution in [3.8, 4) is 5.75 Å². The molecule has 0 radical (unpaired) electrons. The zero-order valence-corrected chi connectivity index (χ0v) is 10.6. The van der Waals surface area contributed by atoms with E-state index in [0.717, 1.165) is 0 Å². The summed E-state index contributed by atoms with van der Waals surface area (Å²) in [5.41, 5.74) is -0.646. The van der Waals surface area contributed by atoms with Crippen molar-refractivity contribution in [2.24, 2.45) is 5.41 Å². The molecule has 1 rings (SSSR count). The van der Waals surface area contributed by atoms with Crippen molar-refractivity contribution in [1.82, 2.24) is 0 Å². The number of benzene rings is 1. The van der Waals surface area contributed by atoms with Gasteiger partial charge in [-0.3, -0.25) is 4.79 Å². The van der Waals surface area contributed by atoms with E-state index in [1.165, 1.54) is 39.0 Å². The minimum atomic E-state index is -1.09. The highest BCUT2D eigenvalue weighted by Crippen LogP contribution is 2.24. The maximum atomic E-state index is 13.6. The number of ether oxygens (including phenoxy) is 1. The summed E-state index contributed by atoms with van der Waals surface area (Å²) in [5.74, 6) is -1.65. The van der Waals surface area contributed by atoms with Gasteiger partial charge >= 0.3 is 5.97 Å². The third kappa shape index (κ3) is 3.43. The largest absolute Gasteiger partial charge is 0.489 e. The van der Waals surface area contributed by atoms with Gasteiger partial charge in [0.25, 0.3) is 0 Å². The van der Waals surface area contributed by atoms with Gasteiger partial charge in [-0.15, -0.1) is 0 Å². The Labute approximate surface area is 105 Å². The molecule has 5 heteroatoms. The number of aliphatic hydroxyl groups is 1. The van der Waals surface area contributed by atoms with Gasteiger partial charge in [0.05, 0.1) is 11.5 Å². The van der Waals surface area contributed by atoms with Crippen LogP contribution in [-0.2, 0) is 4.79 Å².